The summed E-state index contributed by atoms with van der Waals surface area (Å²) in [4.78, 5) is 15.8. The van der Waals surface area contributed by atoms with Gasteiger partial charge in [-0.2, -0.15) is 7.18 Å². The molecule has 0 unspecified atom stereocenters. The average molecular weight is 415 g/mol. The first-order valence-corrected chi connectivity index (χ1v) is 7.35. The maximum absolute atomic E-state index is 13.7. The van der Waals surface area contributed by atoms with Gasteiger partial charge in [0.2, 0.25) is 0 Å². The third kappa shape index (κ3) is 5.60. The van der Waals surface area contributed by atoms with E-state index in [1.165, 1.54) is 6.07 Å². The first kappa shape index (κ1) is 21.5. The molecule has 0 aromatic carbocycles. The van der Waals surface area contributed by atoms with Gasteiger partial charge < -0.3 is 9.13 Å². The minimum atomic E-state index is -0.494. The fourth-order valence-corrected chi connectivity index (χ4v) is 2.24. The Bertz CT molecular complexity index is 503. The smallest absolute Gasteiger partial charge is 0.311 e. The Hall–Kier alpha value is -0.508. The molecule has 7 heteroatoms. The summed E-state index contributed by atoms with van der Waals surface area (Å²) in [6, 6.07) is 1.41. The molecule has 1 aliphatic rings. The molecule has 1 fully saturated rings. The molecular formula is C15H19BrCrF2NO2-. The van der Waals surface area contributed by atoms with Crippen LogP contribution in [0.2, 0.25) is 0 Å². The van der Waals surface area contributed by atoms with Gasteiger partial charge in [-0.15, -0.1) is 0 Å². The van der Waals surface area contributed by atoms with E-state index in [0.29, 0.717) is 23.0 Å². The summed E-state index contributed by atoms with van der Waals surface area (Å²) in [6.45, 7) is 5.46. The second-order valence-corrected chi connectivity index (χ2v) is 6.88. The van der Waals surface area contributed by atoms with Gasteiger partial charge in [-0.25, -0.2) is 4.39 Å². The van der Waals surface area contributed by atoms with E-state index in [4.69, 9.17) is 4.74 Å². The number of nitrogens with zero attached hydrogens (tertiary/aromatic N) is 1. The zero-order valence-electron chi connectivity index (χ0n) is 12.7. The molecule has 0 amide bonds. The van der Waals surface area contributed by atoms with Crippen LogP contribution < -0.4 is 0 Å². The van der Waals surface area contributed by atoms with Crippen LogP contribution in [0.3, 0.4) is 0 Å². The summed E-state index contributed by atoms with van der Waals surface area (Å²) in [5, 5.41) is 0. The summed E-state index contributed by atoms with van der Waals surface area (Å²) in [5.41, 5.74) is -0.0297. The fourth-order valence-electron chi connectivity index (χ4n) is 1.94. The van der Waals surface area contributed by atoms with Crippen molar-refractivity contribution in [3.05, 3.63) is 35.4 Å². The molecule has 1 aromatic rings. The quantitative estimate of drug-likeness (QED) is 0.525. The van der Waals surface area contributed by atoms with Gasteiger partial charge in [0.25, 0.3) is 0 Å². The molecule has 1 aromatic heterocycles. The third-order valence-electron chi connectivity index (χ3n) is 3.20. The fraction of sp³-hybridized carbons (Fsp3) is 0.533. The summed E-state index contributed by atoms with van der Waals surface area (Å²) >= 11 is 3.18. The van der Waals surface area contributed by atoms with E-state index < -0.39 is 5.41 Å². The third-order valence-corrected chi connectivity index (χ3v) is 3.64. The summed E-state index contributed by atoms with van der Waals surface area (Å²) in [6.07, 6.45) is 2.77. The predicted octanol–water partition coefficient (Wildman–Crippen LogP) is 4.56. The Balaban J connectivity index is 0.00000141. The minimum absolute atomic E-state index is 0. The molecule has 22 heavy (non-hydrogen) atoms. The molecule has 2 rings (SSSR count). The molecule has 0 bridgehead atoms. The van der Waals surface area contributed by atoms with E-state index in [9.17, 15) is 13.6 Å². The molecule has 1 aliphatic carbocycles. The number of halogens is 3. The van der Waals surface area contributed by atoms with Crippen LogP contribution in [0, 0.1) is 18.4 Å². The van der Waals surface area contributed by atoms with Gasteiger partial charge in [-0.05, 0) is 55.6 Å². The number of carbonyl (C=O) groups is 1. The summed E-state index contributed by atoms with van der Waals surface area (Å²) in [7, 11) is 1.75. The first-order valence-electron chi connectivity index (χ1n) is 6.56. The number of rotatable bonds is 2. The van der Waals surface area contributed by atoms with Gasteiger partial charge in [0, 0.05) is 33.9 Å². The minimum Gasteiger partial charge on any atom is -0.463 e. The number of hydrogen-bond donors (Lipinski definition) is 0. The summed E-state index contributed by atoms with van der Waals surface area (Å²) in [5.74, 6) is -0.467. The van der Waals surface area contributed by atoms with Crippen molar-refractivity contribution in [1.29, 1.82) is 0 Å². The van der Waals surface area contributed by atoms with Crippen LogP contribution in [0.1, 0.15) is 45.2 Å². The Morgan fingerprint density at radius 3 is 2.41 bits per heavy atom. The summed E-state index contributed by atoms with van der Waals surface area (Å²) < 4.78 is 28.9. The molecule has 0 radical (unpaired) electrons. The molecule has 0 saturated heterocycles. The Morgan fingerprint density at radius 1 is 1.41 bits per heavy atom. The monoisotopic (exact) mass is 414 g/mol. The molecule has 1 saturated carbocycles. The van der Waals surface area contributed by atoms with Crippen LogP contribution in [-0.2, 0) is 26.9 Å². The van der Waals surface area contributed by atoms with E-state index >= 15 is 0 Å². The topological polar surface area (TPSA) is 39.2 Å². The Labute approximate surface area is 149 Å². The molecule has 124 valence electrons. The molecular weight excluding hydrogens is 396 g/mol. The van der Waals surface area contributed by atoms with Crippen LogP contribution in [0.25, 0.3) is 0 Å². The number of ether oxygens (including phenoxy) is 1. The zero-order chi connectivity index (χ0) is 16.2. The van der Waals surface area contributed by atoms with Gasteiger partial charge in [-0.1, -0.05) is 0 Å². The molecule has 0 aliphatic heterocycles. The Kier molecular flexibility index (Phi) is 8.75. The maximum Gasteiger partial charge on any atom is 0.311 e. The molecule has 0 spiro atoms. The van der Waals surface area contributed by atoms with Crippen LogP contribution >= 0.6 is 15.9 Å². The number of pyridine rings is 1. The van der Waals surface area contributed by atoms with Crippen molar-refractivity contribution < 1.29 is 35.7 Å². The standard InChI is InChI=1S/C14H17BrFNO2.CH2F.Cr/c1-14(2,3)13(18)19-10-4-8(5-10)12-11(16)6-9(15)7-17-12;1-2;/h6-8,10H,4-5H2,1-3H3;1H2;/q;-1;. The van der Waals surface area contributed by atoms with E-state index in [0.717, 1.165) is 0 Å². The van der Waals surface area contributed by atoms with Crippen molar-refractivity contribution >= 4 is 21.9 Å². The van der Waals surface area contributed by atoms with Crippen molar-refractivity contribution in [2.75, 3.05) is 0 Å². The number of esters is 1. The zero-order valence-corrected chi connectivity index (χ0v) is 15.6. The predicted molar refractivity (Wildman–Crippen MR) is 79.7 cm³/mol. The van der Waals surface area contributed by atoms with Crippen LogP contribution in [0.4, 0.5) is 8.78 Å². The van der Waals surface area contributed by atoms with Gasteiger partial charge in [-0.3, -0.25) is 9.78 Å². The largest absolute Gasteiger partial charge is 0.463 e. The van der Waals surface area contributed by atoms with E-state index in [-0.39, 0.29) is 41.2 Å². The number of carbonyl (C=O) groups excluding carboxylic acids is 1. The molecule has 3 nitrogen and oxygen atoms in total. The van der Waals surface area contributed by atoms with Gasteiger partial charge in [0.05, 0.1) is 11.1 Å². The van der Waals surface area contributed by atoms with Gasteiger partial charge >= 0.3 is 5.97 Å². The van der Waals surface area contributed by atoms with Crippen molar-refractivity contribution in [3.8, 4) is 0 Å². The number of aromatic nitrogens is 1. The van der Waals surface area contributed by atoms with Crippen molar-refractivity contribution in [1.82, 2.24) is 4.98 Å². The van der Waals surface area contributed by atoms with E-state index in [1.54, 1.807) is 13.4 Å². The number of hydrogen-bond acceptors (Lipinski definition) is 3. The normalized spacial score (nSPS) is 20.0. The molecule has 0 atom stereocenters. The van der Waals surface area contributed by atoms with Crippen molar-refractivity contribution in [3.63, 3.8) is 0 Å². The van der Waals surface area contributed by atoms with Gasteiger partial charge in [0.15, 0.2) is 0 Å². The SMILES string of the molecule is CC(C)(C)C(=O)OC1CC(c2ncc(Br)cc2F)C1.[CH2-]F.[Cr]. The second-order valence-electron chi connectivity index (χ2n) is 5.97. The second kappa shape index (κ2) is 8.95. The van der Waals surface area contributed by atoms with E-state index in [1.807, 2.05) is 20.8 Å². The average Bonchev–Trinajstić information content (AvgIpc) is 2.35. The van der Waals surface area contributed by atoms with Crippen LogP contribution in [-0.4, -0.2) is 17.1 Å². The molecule has 1 heterocycles. The van der Waals surface area contributed by atoms with Crippen molar-refractivity contribution in [2.24, 2.45) is 5.41 Å². The van der Waals surface area contributed by atoms with E-state index in [2.05, 4.69) is 20.9 Å². The van der Waals surface area contributed by atoms with Crippen LogP contribution in [0.5, 0.6) is 0 Å². The Morgan fingerprint density at radius 2 is 1.95 bits per heavy atom. The van der Waals surface area contributed by atoms with Crippen LogP contribution in [0.15, 0.2) is 16.7 Å². The van der Waals surface area contributed by atoms with Gasteiger partial charge in [0.1, 0.15) is 11.9 Å². The van der Waals surface area contributed by atoms with Crippen molar-refractivity contribution in [2.45, 2.75) is 45.6 Å². The first-order chi connectivity index (χ1) is 9.77. The maximum atomic E-state index is 13.7. The molecule has 0 N–H and O–H groups in total.